The number of carbonyl (C=O) groups is 2. The van der Waals surface area contributed by atoms with Crippen LogP contribution in [0.4, 0.5) is 0 Å². The van der Waals surface area contributed by atoms with E-state index in [1.807, 2.05) is 0 Å². The van der Waals surface area contributed by atoms with Gasteiger partial charge in [0, 0.05) is 0 Å². The minimum absolute atomic E-state index is 0. The molecule has 2 atom stereocenters. The second kappa shape index (κ2) is 8.10. The quantitative estimate of drug-likeness (QED) is 0.627. The van der Waals surface area contributed by atoms with Gasteiger partial charge in [-0.15, -0.1) is 24.8 Å². The van der Waals surface area contributed by atoms with Crippen LogP contribution in [0, 0.1) is 0 Å². The van der Waals surface area contributed by atoms with E-state index in [9.17, 15) is 9.59 Å². The number of carboxylic acid groups (broad SMARTS) is 1. The van der Waals surface area contributed by atoms with Crippen LogP contribution in [-0.2, 0) is 9.59 Å². The van der Waals surface area contributed by atoms with Gasteiger partial charge >= 0.3 is 5.97 Å². The first-order chi connectivity index (χ1) is 4.95. The maximum absolute atomic E-state index is 10.8. The Morgan fingerprint density at radius 1 is 1.31 bits per heavy atom. The Labute approximate surface area is 88.9 Å². The predicted octanol–water partition coefficient (Wildman–Crippen LogP) is -0.233. The van der Waals surface area contributed by atoms with Crippen molar-refractivity contribution in [3.63, 3.8) is 0 Å². The molecule has 7 heteroatoms. The third-order valence-corrected chi connectivity index (χ3v) is 1.14. The molecule has 0 saturated carbocycles. The molecule has 0 aliphatic heterocycles. The van der Waals surface area contributed by atoms with E-state index in [0.717, 1.165) is 0 Å². The largest absolute Gasteiger partial charge is 0.480 e. The van der Waals surface area contributed by atoms with Gasteiger partial charge in [0.15, 0.2) is 0 Å². The van der Waals surface area contributed by atoms with Crippen LogP contribution in [0.3, 0.4) is 0 Å². The smallest absolute Gasteiger partial charge is 0.325 e. The SMILES string of the molecule is CC(NC(=O)[C@H](C)N)C(=O)O.Cl.Cl. The van der Waals surface area contributed by atoms with E-state index >= 15 is 0 Å². The highest BCUT2D eigenvalue weighted by Gasteiger charge is 2.15. The molecule has 0 aromatic rings. The summed E-state index contributed by atoms with van der Waals surface area (Å²) in [5.41, 5.74) is 5.18. The van der Waals surface area contributed by atoms with E-state index in [2.05, 4.69) is 5.32 Å². The summed E-state index contributed by atoms with van der Waals surface area (Å²) >= 11 is 0. The van der Waals surface area contributed by atoms with Crippen molar-refractivity contribution in [2.24, 2.45) is 5.73 Å². The summed E-state index contributed by atoms with van der Waals surface area (Å²) in [6, 6.07) is -1.55. The zero-order valence-corrected chi connectivity index (χ0v) is 8.95. The van der Waals surface area contributed by atoms with Gasteiger partial charge in [0.25, 0.3) is 0 Å². The molecule has 4 N–H and O–H groups in total. The van der Waals surface area contributed by atoms with Gasteiger partial charge in [-0.1, -0.05) is 0 Å². The van der Waals surface area contributed by atoms with Crippen molar-refractivity contribution in [1.29, 1.82) is 0 Å². The standard InChI is InChI=1S/C6H12N2O3.2ClH/c1-3(7)5(9)8-4(2)6(10)11;;/h3-4H,7H2,1-2H3,(H,8,9)(H,10,11);2*1H/t3-,4?;;/m0../s1. The zero-order valence-electron chi connectivity index (χ0n) is 7.31. The Balaban J connectivity index is -0.000000500. The third-order valence-electron chi connectivity index (χ3n) is 1.14. The summed E-state index contributed by atoms with van der Waals surface area (Å²) in [6.07, 6.45) is 0. The lowest BCUT2D eigenvalue weighted by Gasteiger charge is -2.10. The summed E-state index contributed by atoms with van der Waals surface area (Å²) in [5.74, 6) is -1.53. The van der Waals surface area contributed by atoms with Crippen LogP contribution >= 0.6 is 24.8 Å². The molecular weight excluding hydrogens is 219 g/mol. The molecule has 5 nitrogen and oxygen atoms in total. The number of hydrogen-bond acceptors (Lipinski definition) is 3. The number of amides is 1. The topological polar surface area (TPSA) is 92.4 Å². The van der Waals surface area contributed by atoms with Crippen LogP contribution in [0.1, 0.15) is 13.8 Å². The highest BCUT2D eigenvalue weighted by molar-refractivity contribution is 5.86. The van der Waals surface area contributed by atoms with Crippen molar-refractivity contribution in [3.05, 3.63) is 0 Å². The average molecular weight is 233 g/mol. The van der Waals surface area contributed by atoms with Gasteiger partial charge in [-0.3, -0.25) is 9.59 Å². The number of aliphatic carboxylic acids is 1. The van der Waals surface area contributed by atoms with Crippen molar-refractivity contribution in [1.82, 2.24) is 5.32 Å². The van der Waals surface area contributed by atoms with E-state index in [0.29, 0.717) is 0 Å². The van der Waals surface area contributed by atoms with Gasteiger partial charge in [0.2, 0.25) is 5.91 Å². The number of nitrogens with one attached hydrogen (secondary N) is 1. The highest BCUT2D eigenvalue weighted by Crippen LogP contribution is 1.83. The number of rotatable bonds is 3. The zero-order chi connectivity index (χ0) is 9.02. The molecule has 0 bridgehead atoms. The van der Waals surface area contributed by atoms with E-state index in [-0.39, 0.29) is 24.8 Å². The van der Waals surface area contributed by atoms with E-state index < -0.39 is 24.0 Å². The maximum atomic E-state index is 10.8. The Morgan fingerprint density at radius 2 is 1.69 bits per heavy atom. The average Bonchev–Trinajstić information content (AvgIpc) is 1.87. The molecular formula is C6H14Cl2N2O3. The lowest BCUT2D eigenvalue weighted by Crippen LogP contribution is -2.45. The van der Waals surface area contributed by atoms with Crippen molar-refractivity contribution >= 4 is 36.7 Å². The lowest BCUT2D eigenvalue weighted by molar-refractivity contribution is -0.141. The van der Waals surface area contributed by atoms with Crippen LogP contribution in [0.2, 0.25) is 0 Å². The van der Waals surface area contributed by atoms with Crippen LogP contribution in [0.25, 0.3) is 0 Å². The van der Waals surface area contributed by atoms with Gasteiger partial charge in [-0.2, -0.15) is 0 Å². The number of carbonyl (C=O) groups excluding carboxylic acids is 1. The van der Waals surface area contributed by atoms with Gasteiger partial charge in [-0.25, -0.2) is 0 Å². The van der Waals surface area contributed by atoms with E-state index in [1.165, 1.54) is 13.8 Å². The van der Waals surface area contributed by atoms with Gasteiger partial charge < -0.3 is 16.2 Å². The molecule has 0 aromatic carbocycles. The molecule has 0 radical (unpaired) electrons. The fourth-order valence-electron chi connectivity index (χ4n) is 0.407. The second-order valence-corrected chi connectivity index (χ2v) is 2.36. The normalized spacial score (nSPS) is 12.8. The van der Waals surface area contributed by atoms with Crippen LogP contribution < -0.4 is 11.1 Å². The third kappa shape index (κ3) is 7.83. The van der Waals surface area contributed by atoms with Gasteiger partial charge in [0.1, 0.15) is 6.04 Å². The minimum atomic E-state index is -1.07. The maximum Gasteiger partial charge on any atom is 0.325 e. The summed E-state index contributed by atoms with van der Waals surface area (Å²) in [4.78, 5) is 21.0. The van der Waals surface area contributed by atoms with E-state index in [1.54, 1.807) is 0 Å². The number of halogens is 2. The number of carboxylic acids is 1. The first-order valence-corrected chi connectivity index (χ1v) is 3.24. The molecule has 0 rings (SSSR count). The second-order valence-electron chi connectivity index (χ2n) is 2.36. The van der Waals surface area contributed by atoms with Crippen molar-refractivity contribution in [3.8, 4) is 0 Å². The molecule has 0 heterocycles. The first-order valence-electron chi connectivity index (χ1n) is 3.24. The van der Waals surface area contributed by atoms with Crippen molar-refractivity contribution in [2.75, 3.05) is 0 Å². The van der Waals surface area contributed by atoms with Crippen LogP contribution in [-0.4, -0.2) is 29.1 Å². The Morgan fingerprint density at radius 3 is 1.92 bits per heavy atom. The number of hydrogen-bond donors (Lipinski definition) is 3. The molecule has 0 aliphatic rings. The molecule has 0 aromatic heterocycles. The molecule has 0 spiro atoms. The number of nitrogens with two attached hydrogens (primary N) is 1. The van der Waals surface area contributed by atoms with Crippen LogP contribution in [0.5, 0.6) is 0 Å². The van der Waals surface area contributed by atoms with Crippen LogP contribution in [0.15, 0.2) is 0 Å². The van der Waals surface area contributed by atoms with E-state index in [4.69, 9.17) is 10.8 Å². The summed E-state index contributed by atoms with van der Waals surface area (Å²) in [7, 11) is 0. The monoisotopic (exact) mass is 232 g/mol. The lowest BCUT2D eigenvalue weighted by atomic mass is 10.3. The van der Waals surface area contributed by atoms with Crippen molar-refractivity contribution < 1.29 is 14.7 Å². The van der Waals surface area contributed by atoms with Gasteiger partial charge in [0.05, 0.1) is 6.04 Å². The van der Waals surface area contributed by atoms with Crippen molar-refractivity contribution in [2.45, 2.75) is 25.9 Å². The minimum Gasteiger partial charge on any atom is -0.480 e. The fraction of sp³-hybridized carbons (Fsp3) is 0.667. The Hall–Kier alpha value is -0.520. The fourth-order valence-corrected chi connectivity index (χ4v) is 0.407. The summed E-state index contributed by atoms with van der Waals surface area (Å²) in [6.45, 7) is 2.87. The molecule has 0 fully saturated rings. The first kappa shape index (κ1) is 18.3. The predicted molar refractivity (Wildman–Crippen MR) is 53.4 cm³/mol. The molecule has 13 heavy (non-hydrogen) atoms. The highest BCUT2D eigenvalue weighted by atomic mass is 35.5. The Bertz CT molecular complexity index is 175. The molecule has 0 aliphatic carbocycles. The Kier molecular flexibility index (Phi) is 11.4. The molecule has 1 unspecified atom stereocenters. The molecule has 1 amide bonds. The molecule has 0 saturated heterocycles. The summed E-state index contributed by atoms with van der Waals surface area (Å²) in [5, 5.41) is 10.6. The molecule has 80 valence electrons. The van der Waals surface area contributed by atoms with Gasteiger partial charge in [-0.05, 0) is 13.8 Å². The summed E-state index contributed by atoms with van der Waals surface area (Å²) < 4.78 is 0.